The number of hydrogen-bond donors (Lipinski definition) is 0. The Bertz CT molecular complexity index is 516. The van der Waals surface area contributed by atoms with Gasteiger partial charge in [-0.15, -0.1) is 0 Å². The highest BCUT2D eigenvalue weighted by Crippen LogP contribution is 2.22. The van der Waals surface area contributed by atoms with Crippen LogP contribution in [-0.2, 0) is 11.3 Å². The number of ether oxygens (including phenoxy) is 1. The molecule has 1 fully saturated rings. The first-order chi connectivity index (χ1) is 9.83. The molecule has 2 aromatic rings. The summed E-state index contributed by atoms with van der Waals surface area (Å²) in [6.45, 7) is 5.56. The van der Waals surface area contributed by atoms with Crippen LogP contribution in [0.4, 0.5) is 0 Å². The first-order valence-corrected chi connectivity index (χ1v) is 6.91. The molecular formula is C14H19N5O. The summed E-state index contributed by atoms with van der Waals surface area (Å²) in [4.78, 5) is 10.6. The minimum absolute atomic E-state index is 0.157. The van der Waals surface area contributed by atoms with E-state index in [1.165, 1.54) is 5.56 Å². The fourth-order valence-electron chi connectivity index (χ4n) is 2.57. The van der Waals surface area contributed by atoms with Crippen molar-refractivity contribution in [3.05, 3.63) is 42.7 Å². The van der Waals surface area contributed by atoms with E-state index in [0.717, 1.165) is 26.2 Å². The maximum Gasteiger partial charge on any atom is 0.137 e. The zero-order valence-electron chi connectivity index (χ0n) is 11.6. The van der Waals surface area contributed by atoms with Gasteiger partial charge in [-0.05, 0) is 18.6 Å². The van der Waals surface area contributed by atoms with Crippen molar-refractivity contribution in [2.24, 2.45) is 0 Å². The first kappa shape index (κ1) is 13.2. The summed E-state index contributed by atoms with van der Waals surface area (Å²) in [6.07, 6.45) is 7.19. The Hall–Kier alpha value is -1.79. The van der Waals surface area contributed by atoms with E-state index in [-0.39, 0.29) is 6.10 Å². The van der Waals surface area contributed by atoms with E-state index >= 15 is 0 Å². The maximum absolute atomic E-state index is 5.82. The van der Waals surface area contributed by atoms with Crippen molar-refractivity contribution in [3.63, 3.8) is 0 Å². The molecule has 20 heavy (non-hydrogen) atoms. The van der Waals surface area contributed by atoms with Crippen molar-refractivity contribution in [1.82, 2.24) is 24.6 Å². The predicted molar refractivity (Wildman–Crippen MR) is 74.0 cm³/mol. The molecule has 0 unspecified atom stereocenters. The number of hydrogen-bond acceptors (Lipinski definition) is 5. The molecule has 0 aromatic carbocycles. The molecule has 6 nitrogen and oxygen atoms in total. The molecule has 2 aromatic heterocycles. The van der Waals surface area contributed by atoms with Crippen molar-refractivity contribution >= 4 is 0 Å². The average Bonchev–Trinajstić information content (AvgIpc) is 3.01. The maximum atomic E-state index is 5.82. The van der Waals surface area contributed by atoms with Gasteiger partial charge < -0.3 is 4.74 Å². The molecule has 3 rings (SSSR count). The molecule has 1 aliphatic heterocycles. The summed E-state index contributed by atoms with van der Waals surface area (Å²) in [6, 6.07) is 4.46. The molecule has 0 spiro atoms. The Morgan fingerprint density at radius 1 is 1.45 bits per heavy atom. The van der Waals surface area contributed by atoms with Crippen LogP contribution in [0.3, 0.4) is 0 Å². The lowest BCUT2D eigenvalue weighted by Gasteiger charge is -2.36. The lowest BCUT2D eigenvalue weighted by Crippen LogP contribution is -2.45. The van der Waals surface area contributed by atoms with Crippen molar-refractivity contribution in [3.8, 4) is 0 Å². The molecule has 1 saturated heterocycles. The van der Waals surface area contributed by atoms with Gasteiger partial charge in [-0.3, -0.25) is 14.6 Å². The zero-order chi connectivity index (χ0) is 13.8. The highest BCUT2D eigenvalue weighted by Gasteiger charge is 2.25. The Labute approximate surface area is 118 Å². The Balaban J connectivity index is 1.63. The van der Waals surface area contributed by atoms with Gasteiger partial charge in [0.2, 0.25) is 0 Å². The van der Waals surface area contributed by atoms with E-state index in [2.05, 4.69) is 33.0 Å². The molecule has 0 saturated carbocycles. The molecule has 6 heteroatoms. The van der Waals surface area contributed by atoms with Crippen molar-refractivity contribution in [2.45, 2.75) is 25.6 Å². The quantitative estimate of drug-likeness (QED) is 0.836. The predicted octanol–water partition coefficient (Wildman–Crippen LogP) is 1.14. The first-order valence-electron chi connectivity index (χ1n) is 6.91. The minimum Gasteiger partial charge on any atom is -0.374 e. The molecule has 0 amide bonds. The Morgan fingerprint density at radius 3 is 3.15 bits per heavy atom. The number of rotatable bonds is 4. The molecule has 0 radical (unpaired) electrons. The van der Waals surface area contributed by atoms with E-state index in [0.29, 0.717) is 6.04 Å². The smallest absolute Gasteiger partial charge is 0.137 e. The lowest BCUT2D eigenvalue weighted by atomic mass is 10.1. The Kier molecular flexibility index (Phi) is 4.03. The third-order valence-corrected chi connectivity index (χ3v) is 3.74. The molecule has 1 aliphatic rings. The lowest BCUT2D eigenvalue weighted by molar-refractivity contribution is -0.0497. The van der Waals surface area contributed by atoms with E-state index in [1.807, 2.05) is 23.1 Å². The van der Waals surface area contributed by atoms with Gasteiger partial charge in [-0.1, -0.05) is 6.07 Å². The highest BCUT2D eigenvalue weighted by atomic mass is 16.5. The third kappa shape index (κ3) is 3.02. The van der Waals surface area contributed by atoms with Crippen LogP contribution in [0.25, 0.3) is 0 Å². The second-order valence-corrected chi connectivity index (χ2v) is 5.07. The van der Waals surface area contributed by atoms with E-state index in [1.54, 1.807) is 12.7 Å². The average molecular weight is 273 g/mol. The summed E-state index contributed by atoms with van der Waals surface area (Å²) in [5.41, 5.74) is 1.24. The number of aromatic nitrogens is 4. The monoisotopic (exact) mass is 273 g/mol. The third-order valence-electron chi connectivity index (χ3n) is 3.74. The van der Waals surface area contributed by atoms with Gasteiger partial charge in [0.1, 0.15) is 12.7 Å². The topological polar surface area (TPSA) is 56.1 Å². The standard InChI is InChI=1S/C14H19N5O/c1-12(13-3-2-4-15-7-13)18-5-6-20-14(8-18)9-19-11-16-10-17-19/h2-4,7,10-12,14H,5-6,8-9H2,1H3/t12-,14+/m0/s1. The van der Waals surface area contributed by atoms with Gasteiger partial charge in [0, 0.05) is 31.5 Å². The summed E-state index contributed by atoms with van der Waals surface area (Å²) in [7, 11) is 0. The van der Waals surface area contributed by atoms with Gasteiger partial charge in [0.05, 0.1) is 19.3 Å². The normalized spacial score (nSPS) is 21.8. The summed E-state index contributed by atoms with van der Waals surface area (Å²) in [5, 5.41) is 4.14. The molecule has 2 atom stereocenters. The Morgan fingerprint density at radius 2 is 2.40 bits per heavy atom. The molecule has 3 heterocycles. The number of nitrogens with zero attached hydrogens (tertiary/aromatic N) is 5. The van der Waals surface area contributed by atoms with Crippen LogP contribution in [0.1, 0.15) is 18.5 Å². The summed E-state index contributed by atoms with van der Waals surface area (Å²) < 4.78 is 7.64. The van der Waals surface area contributed by atoms with Gasteiger partial charge in [-0.25, -0.2) is 4.98 Å². The van der Waals surface area contributed by atoms with E-state index < -0.39 is 0 Å². The van der Waals surface area contributed by atoms with Crippen LogP contribution < -0.4 is 0 Å². The fraction of sp³-hybridized carbons (Fsp3) is 0.500. The fourth-order valence-corrected chi connectivity index (χ4v) is 2.57. The zero-order valence-corrected chi connectivity index (χ0v) is 11.6. The van der Waals surface area contributed by atoms with Crippen molar-refractivity contribution in [2.75, 3.05) is 19.7 Å². The molecule has 0 aliphatic carbocycles. The highest BCUT2D eigenvalue weighted by molar-refractivity contribution is 5.13. The van der Waals surface area contributed by atoms with Crippen LogP contribution >= 0.6 is 0 Å². The van der Waals surface area contributed by atoms with Crippen LogP contribution in [0.15, 0.2) is 37.2 Å². The van der Waals surface area contributed by atoms with Gasteiger partial charge in [0.25, 0.3) is 0 Å². The second-order valence-electron chi connectivity index (χ2n) is 5.07. The van der Waals surface area contributed by atoms with Crippen LogP contribution in [-0.4, -0.2) is 50.4 Å². The summed E-state index contributed by atoms with van der Waals surface area (Å²) in [5.74, 6) is 0. The van der Waals surface area contributed by atoms with Gasteiger partial charge in [-0.2, -0.15) is 5.10 Å². The minimum atomic E-state index is 0.157. The number of pyridine rings is 1. The van der Waals surface area contributed by atoms with Crippen molar-refractivity contribution in [1.29, 1.82) is 0 Å². The number of morpholine rings is 1. The molecule has 106 valence electrons. The SMILES string of the molecule is C[C@@H](c1cccnc1)N1CCO[C@@H](Cn2cncn2)C1. The van der Waals surface area contributed by atoms with Crippen LogP contribution in [0.2, 0.25) is 0 Å². The van der Waals surface area contributed by atoms with Gasteiger partial charge in [0.15, 0.2) is 0 Å². The van der Waals surface area contributed by atoms with Crippen LogP contribution in [0, 0.1) is 0 Å². The summed E-state index contributed by atoms with van der Waals surface area (Å²) >= 11 is 0. The molecular weight excluding hydrogens is 254 g/mol. The van der Waals surface area contributed by atoms with Gasteiger partial charge >= 0.3 is 0 Å². The second kappa shape index (κ2) is 6.11. The largest absolute Gasteiger partial charge is 0.374 e. The molecule has 0 N–H and O–H groups in total. The van der Waals surface area contributed by atoms with Crippen molar-refractivity contribution < 1.29 is 4.74 Å². The van der Waals surface area contributed by atoms with Crippen LogP contribution in [0.5, 0.6) is 0 Å². The molecule has 0 bridgehead atoms. The van der Waals surface area contributed by atoms with E-state index in [4.69, 9.17) is 4.74 Å². The van der Waals surface area contributed by atoms with E-state index in [9.17, 15) is 0 Å².